The summed E-state index contributed by atoms with van der Waals surface area (Å²) in [4.78, 5) is 20.5. The van der Waals surface area contributed by atoms with Crippen LogP contribution in [0, 0.1) is 5.82 Å². The highest BCUT2D eigenvalue weighted by atomic mass is 19.1. The summed E-state index contributed by atoms with van der Waals surface area (Å²) in [5.74, 6) is 0.566. The second-order valence-corrected chi connectivity index (χ2v) is 7.30. The maximum absolute atomic E-state index is 13.3. The van der Waals surface area contributed by atoms with Crippen LogP contribution >= 0.6 is 0 Å². The van der Waals surface area contributed by atoms with Crippen molar-refractivity contribution in [1.29, 1.82) is 0 Å². The molecule has 6 heteroatoms. The fourth-order valence-electron chi connectivity index (χ4n) is 3.71. The third-order valence-electron chi connectivity index (χ3n) is 5.11. The van der Waals surface area contributed by atoms with Crippen LogP contribution in [0.1, 0.15) is 39.0 Å². The minimum absolute atomic E-state index is 0.203. The van der Waals surface area contributed by atoms with E-state index in [0.717, 1.165) is 40.7 Å². The fourth-order valence-corrected chi connectivity index (χ4v) is 3.71. The van der Waals surface area contributed by atoms with E-state index in [0.29, 0.717) is 12.0 Å². The molecule has 0 atom stereocenters. The number of hydrogen-bond acceptors (Lipinski definition) is 4. The molecule has 0 saturated heterocycles. The summed E-state index contributed by atoms with van der Waals surface area (Å²) in [6.45, 7) is 1.44. The van der Waals surface area contributed by atoms with E-state index in [1.165, 1.54) is 38.3 Å². The summed E-state index contributed by atoms with van der Waals surface area (Å²) in [6, 6.07) is 12.7. The van der Waals surface area contributed by atoms with Gasteiger partial charge in [0.1, 0.15) is 11.6 Å². The van der Waals surface area contributed by atoms with Gasteiger partial charge in [-0.2, -0.15) is 4.98 Å². The molecule has 1 aliphatic carbocycles. The maximum atomic E-state index is 13.3. The lowest BCUT2D eigenvalue weighted by atomic mass is 9.95. The van der Waals surface area contributed by atoms with Crippen LogP contribution in [0.4, 0.5) is 16.2 Å². The minimum atomic E-state index is -0.257. The number of aromatic nitrogens is 2. The number of amides is 1. The van der Waals surface area contributed by atoms with Gasteiger partial charge in [0.2, 0.25) is 11.9 Å². The van der Waals surface area contributed by atoms with Crippen molar-refractivity contribution in [2.24, 2.45) is 0 Å². The summed E-state index contributed by atoms with van der Waals surface area (Å²) >= 11 is 0. The van der Waals surface area contributed by atoms with Gasteiger partial charge in [-0.05, 0) is 48.2 Å². The van der Waals surface area contributed by atoms with Gasteiger partial charge in [0.15, 0.2) is 0 Å². The van der Waals surface area contributed by atoms with E-state index in [1.54, 1.807) is 12.1 Å². The molecule has 28 heavy (non-hydrogen) atoms. The highest BCUT2D eigenvalue weighted by Gasteiger charge is 2.17. The SMILES string of the molecule is CC(=O)Nc1nc(NC2CCCCC2)c2cc(-c3ccc(F)cc3)ccc2n1. The molecule has 0 aliphatic heterocycles. The molecule has 1 aromatic heterocycles. The van der Waals surface area contributed by atoms with E-state index in [2.05, 4.69) is 20.6 Å². The molecule has 3 aromatic rings. The van der Waals surface area contributed by atoms with Gasteiger partial charge in [0.25, 0.3) is 0 Å². The number of anilines is 2. The van der Waals surface area contributed by atoms with Crippen molar-refractivity contribution in [3.8, 4) is 11.1 Å². The van der Waals surface area contributed by atoms with Gasteiger partial charge in [-0.3, -0.25) is 10.1 Å². The molecule has 2 aromatic carbocycles. The summed E-state index contributed by atoms with van der Waals surface area (Å²) < 4.78 is 13.3. The number of nitrogens with zero attached hydrogens (tertiary/aromatic N) is 2. The third kappa shape index (κ3) is 4.11. The number of halogens is 1. The first-order valence-electron chi connectivity index (χ1n) is 9.70. The van der Waals surface area contributed by atoms with Gasteiger partial charge in [0, 0.05) is 18.4 Å². The van der Waals surface area contributed by atoms with Crippen molar-refractivity contribution in [3.05, 3.63) is 48.3 Å². The molecule has 1 amide bonds. The number of benzene rings is 2. The lowest BCUT2D eigenvalue weighted by Gasteiger charge is -2.24. The lowest BCUT2D eigenvalue weighted by Crippen LogP contribution is -2.23. The van der Waals surface area contributed by atoms with Crippen LogP contribution in [0.3, 0.4) is 0 Å². The first-order chi connectivity index (χ1) is 13.6. The Morgan fingerprint density at radius 2 is 1.71 bits per heavy atom. The van der Waals surface area contributed by atoms with Gasteiger partial charge >= 0.3 is 0 Å². The molecule has 0 unspecified atom stereocenters. The van der Waals surface area contributed by atoms with E-state index >= 15 is 0 Å². The molecule has 0 radical (unpaired) electrons. The Kier molecular flexibility index (Phi) is 5.19. The van der Waals surface area contributed by atoms with Crippen LogP contribution in [-0.2, 0) is 4.79 Å². The Labute approximate surface area is 163 Å². The Bertz CT molecular complexity index is 997. The maximum Gasteiger partial charge on any atom is 0.231 e. The van der Waals surface area contributed by atoms with Gasteiger partial charge < -0.3 is 5.32 Å². The van der Waals surface area contributed by atoms with Crippen molar-refractivity contribution < 1.29 is 9.18 Å². The number of fused-ring (bicyclic) bond motifs is 1. The highest BCUT2D eigenvalue weighted by Crippen LogP contribution is 2.30. The standard InChI is InChI=1S/C22H23FN4O/c1-14(28)24-22-26-20-12-9-16(15-7-10-17(23)11-8-15)13-19(20)21(27-22)25-18-5-3-2-4-6-18/h7-13,18H,2-6H2,1H3,(H2,24,25,26,27,28). The number of carbonyl (C=O) groups excluding carboxylic acids is 1. The van der Waals surface area contributed by atoms with Crippen LogP contribution in [0.15, 0.2) is 42.5 Å². The van der Waals surface area contributed by atoms with Gasteiger partial charge in [-0.25, -0.2) is 9.37 Å². The Morgan fingerprint density at radius 3 is 2.43 bits per heavy atom. The van der Waals surface area contributed by atoms with Crippen LogP contribution in [0.25, 0.3) is 22.0 Å². The molecule has 4 rings (SSSR count). The molecule has 5 nitrogen and oxygen atoms in total. The van der Waals surface area contributed by atoms with E-state index in [-0.39, 0.29) is 11.7 Å². The van der Waals surface area contributed by atoms with Gasteiger partial charge in [-0.15, -0.1) is 0 Å². The van der Waals surface area contributed by atoms with E-state index in [9.17, 15) is 9.18 Å². The molecule has 1 saturated carbocycles. The van der Waals surface area contributed by atoms with Gasteiger partial charge in [-0.1, -0.05) is 37.5 Å². The molecule has 1 fully saturated rings. The number of nitrogens with one attached hydrogen (secondary N) is 2. The average Bonchev–Trinajstić information content (AvgIpc) is 2.69. The van der Waals surface area contributed by atoms with Gasteiger partial charge in [0.05, 0.1) is 5.52 Å². The summed E-state index contributed by atoms with van der Waals surface area (Å²) in [6.07, 6.45) is 5.91. The van der Waals surface area contributed by atoms with E-state index in [1.807, 2.05) is 18.2 Å². The Balaban J connectivity index is 1.77. The largest absolute Gasteiger partial charge is 0.367 e. The quantitative estimate of drug-likeness (QED) is 0.660. The molecular weight excluding hydrogens is 355 g/mol. The van der Waals surface area contributed by atoms with Crippen LogP contribution in [0.5, 0.6) is 0 Å². The first kappa shape index (κ1) is 18.3. The average molecular weight is 378 g/mol. The van der Waals surface area contributed by atoms with Crippen molar-refractivity contribution in [2.45, 2.75) is 45.1 Å². The number of rotatable bonds is 4. The van der Waals surface area contributed by atoms with Crippen molar-refractivity contribution in [3.63, 3.8) is 0 Å². The van der Waals surface area contributed by atoms with Crippen LogP contribution < -0.4 is 10.6 Å². The first-order valence-corrected chi connectivity index (χ1v) is 9.70. The molecule has 1 heterocycles. The summed E-state index contributed by atoms with van der Waals surface area (Å²) in [5.41, 5.74) is 2.65. The van der Waals surface area contributed by atoms with E-state index < -0.39 is 0 Å². The molecule has 2 N–H and O–H groups in total. The smallest absolute Gasteiger partial charge is 0.231 e. The monoisotopic (exact) mass is 378 g/mol. The summed E-state index contributed by atoms with van der Waals surface area (Å²) in [5, 5.41) is 7.14. The van der Waals surface area contributed by atoms with Crippen molar-refractivity contribution in [2.75, 3.05) is 10.6 Å². The zero-order valence-corrected chi connectivity index (χ0v) is 15.8. The minimum Gasteiger partial charge on any atom is -0.367 e. The van der Waals surface area contributed by atoms with Crippen molar-refractivity contribution >= 4 is 28.6 Å². The zero-order valence-electron chi connectivity index (χ0n) is 15.8. The molecular formula is C22H23FN4O. The van der Waals surface area contributed by atoms with Crippen molar-refractivity contribution in [1.82, 2.24) is 9.97 Å². The summed E-state index contributed by atoms with van der Waals surface area (Å²) in [7, 11) is 0. The number of hydrogen-bond donors (Lipinski definition) is 2. The third-order valence-corrected chi connectivity index (χ3v) is 5.11. The second-order valence-electron chi connectivity index (χ2n) is 7.30. The molecule has 0 bridgehead atoms. The topological polar surface area (TPSA) is 66.9 Å². The normalized spacial score (nSPS) is 14.8. The Morgan fingerprint density at radius 1 is 1.00 bits per heavy atom. The zero-order chi connectivity index (χ0) is 19.5. The highest BCUT2D eigenvalue weighted by molar-refractivity contribution is 5.95. The van der Waals surface area contributed by atoms with E-state index in [4.69, 9.17) is 0 Å². The predicted octanol–water partition coefficient (Wildman–Crippen LogP) is 5.14. The van der Waals surface area contributed by atoms with Crippen LogP contribution in [-0.4, -0.2) is 21.9 Å². The number of carbonyl (C=O) groups is 1. The fraction of sp³-hybridized carbons (Fsp3) is 0.318. The molecule has 1 aliphatic rings. The lowest BCUT2D eigenvalue weighted by molar-refractivity contribution is -0.114. The molecule has 0 spiro atoms. The second kappa shape index (κ2) is 7.92. The predicted molar refractivity (Wildman–Crippen MR) is 110 cm³/mol. The molecule has 144 valence electrons. The van der Waals surface area contributed by atoms with Crippen LogP contribution in [0.2, 0.25) is 0 Å². The Hall–Kier alpha value is -3.02.